The zero-order valence-corrected chi connectivity index (χ0v) is 10.9. The average molecular weight is 250 g/mol. The average Bonchev–Trinajstić information content (AvgIpc) is 2.38. The maximum atomic E-state index is 12.2. The smallest absolute Gasteiger partial charge is 0.191 e. The van der Waals surface area contributed by atoms with Gasteiger partial charge in [0.2, 0.25) is 0 Å². The number of hydrogen-bond acceptors (Lipinski definition) is 2. The number of aromatic amines is 1. The summed E-state index contributed by atoms with van der Waals surface area (Å²) >= 11 is 0. The Morgan fingerprint density at radius 2 is 1.95 bits per heavy atom. The molecule has 0 aliphatic carbocycles. The number of aromatic nitrogens is 2. The summed E-state index contributed by atoms with van der Waals surface area (Å²) in [6, 6.07) is 11.5. The summed E-state index contributed by atoms with van der Waals surface area (Å²) in [4.78, 5) is 19.7. The summed E-state index contributed by atoms with van der Waals surface area (Å²) in [5.41, 5.74) is 4.57. The van der Waals surface area contributed by atoms with E-state index in [1.54, 1.807) is 12.3 Å². The SMILES string of the molecule is Cc1cccc(-c2cc(=O)c3c(C)ccnc3[nH]2)c1. The second-order valence-corrected chi connectivity index (χ2v) is 4.77. The van der Waals surface area contributed by atoms with Gasteiger partial charge in [-0.25, -0.2) is 4.98 Å². The molecule has 3 heteroatoms. The van der Waals surface area contributed by atoms with Crippen molar-refractivity contribution in [3.05, 3.63) is 63.9 Å². The van der Waals surface area contributed by atoms with Gasteiger partial charge in [0.1, 0.15) is 5.65 Å². The largest absolute Gasteiger partial charge is 0.339 e. The second kappa shape index (κ2) is 4.35. The Labute approximate surface area is 111 Å². The van der Waals surface area contributed by atoms with Gasteiger partial charge < -0.3 is 4.98 Å². The van der Waals surface area contributed by atoms with Crippen LogP contribution in [0.5, 0.6) is 0 Å². The number of hydrogen-bond donors (Lipinski definition) is 1. The number of nitrogens with zero attached hydrogens (tertiary/aromatic N) is 1. The maximum Gasteiger partial charge on any atom is 0.191 e. The number of nitrogens with one attached hydrogen (secondary N) is 1. The third-order valence-electron chi connectivity index (χ3n) is 3.26. The van der Waals surface area contributed by atoms with E-state index in [2.05, 4.69) is 9.97 Å². The quantitative estimate of drug-likeness (QED) is 0.720. The van der Waals surface area contributed by atoms with Crippen molar-refractivity contribution < 1.29 is 0 Å². The lowest BCUT2D eigenvalue weighted by molar-refractivity contribution is 1.26. The van der Waals surface area contributed by atoms with Crippen molar-refractivity contribution in [2.24, 2.45) is 0 Å². The number of benzene rings is 1. The molecular weight excluding hydrogens is 236 g/mol. The molecular formula is C16H14N2O. The molecule has 0 spiro atoms. The second-order valence-electron chi connectivity index (χ2n) is 4.77. The molecule has 1 aromatic carbocycles. The molecule has 3 nitrogen and oxygen atoms in total. The normalized spacial score (nSPS) is 10.8. The molecule has 19 heavy (non-hydrogen) atoms. The van der Waals surface area contributed by atoms with Gasteiger partial charge in [-0.2, -0.15) is 0 Å². The van der Waals surface area contributed by atoms with Crippen molar-refractivity contribution in [1.82, 2.24) is 9.97 Å². The Hall–Kier alpha value is -2.42. The molecule has 0 fully saturated rings. The van der Waals surface area contributed by atoms with E-state index in [0.717, 1.165) is 22.4 Å². The zero-order valence-electron chi connectivity index (χ0n) is 10.9. The Balaban J connectivity index is 2.30. The molecule has 0 radical (unpaired) electrons. The fraction of sp³-hybridized carbons (Fsp3) is 0.125. The van der Waals surface area contributed by atoms with Crippen LogP contribution in [0.4, 0.5) is 0 Å². The Kier molecular flexibility index (Phi) is 2.67. The van der Waals surface area contributed by atoms with Gasteiger partial charge in [0.15, 0.2) is 5.43 Å². The van der Waals surface area contributed by atoms with Gasteiger partial charge in [0.25, 0.3) is 0 Å². The molecule has 1 N–H and O–H groups in total. The molecule has 0 saturated heterocycles. The lowest BCUT2D eigenvalue weighted by Crippen LogP contribution is -2.05. The highest BCUT2D eigenvalue weighted by molar-refractivity contribution is 5.81. The highest BCUT2D eigenvalue weighted by atomic mass is 16.1. The Morgan fingerprint density at radius 3 is 2.74 bits per heavy atom. The molecule has 0 saturated carbocycles. The van der Waals surface area contributed by atoms with Crippen molar-refractivity contribution in [2.45, 2.75) is 13.8 Å². The molecule has 0 bridgehead atoms. The minimum absolute atomic E-state index is 0.0101. The van der Waals surface area contributed by atoms with E-state index in [1.807, 2.05) is 44.2 Å². The summed E-state index contributed by atoms with van der Waals surface area (Å²) in [6.07, 6.45) is 1.72. The van der Waals surface area contributed by atoms with Crippen molar-refractivity contribution in [1.29, 1.82) is 0 Å². The van der Waals surface area contributed by atoms with Crippen LogP contribution in [-0.2, 0) is 0 Å². The predicted octanol–water partition coefficient (Wildman–Crippen LogP) is 3.21. The van der Waals surface area contributed by atoms with E-state index < -0.39 is 0 Å². The fourth-order valence-electron chi connectivity index (χ4n) is 2.30. The van der Waals surface area contributed by atoms with E-state index in [1.165, 1.54) is 0 Å². The molecule has 94 valence electrons. The van der Waals surface area contributed by atoms with Gasteiger partial charge >= 0.3 is 0 Å². The van der Waals surface area contributed by atoms with Gasteiger partial charge in [-0.05, 0) is 37.1 Å². The summed E-state index contributed by atoms with van der Waals surface area (Å²) < 4.78 is 0. The first-order valence-electron chi connectivity index (χ1n) is 6.21. The van der Waals surface area contributed by atoms with Crippen LogP contribution >= 0.6 is 0 Å². The summed E-state index contributed by atoms with van der Waals surface area (Å²) in [6.45, 7) is 3.96. The van der Waals surface area contributed by atoms with Gasteiger partial charge in [0.05, 0.1) is 11.1 Å². The molecule has 0 unspecified atom stereocenters. The van der Waals surface area contributed by atoms with Gasteiger partial charge in [-0.1, -0.05) is 23.8 Å². The van der Waals surface area contributed by atoms with E-state index in [-0.39, 0.29) is 5.43 Å². The first kappa shape index (κ1) is 11.7. The number of H-pyrrole nitrogens is 1. The first-order chi connectivity index (χ1) is 9.15. The van der Waals surface area contributed by atoms with Crippen LogP contribution in [0.25, 0.3) is 22.3 Å². The number of rotatable bonds is 1. The topological polar surface area (TPSA) is 45.8 Å². The molecule has 0 aliphatic heterocycles. The van der Waals surface area contributed by atoms with Crippen LogP contribution in [0.15, 0.2) is 47.4 Å². The van der Waals surface area contributed by atoms with Crippen LogP contribution in [0, 0.1) is 13.8 Å². The first-order valence-corrected chi connectivity index (χ1v) is 6.21. The van der Waals surface area contributed by atoms with Crippen LogP contribution in [-0.4, -0.2) is 9.97 Å². The van der Waals surface area contributed by atoms with Crippen LogP contribution in [0.3, 0.4) is 0 Å². The van der Waals surface area contributed by atoms with Crippen LogP contribution in [0.1, 0.15) is 11.1 Å². The van der Waals surface area contributed by atoms with E-state index in [4.69, 9.17) is 0 Å². The van der Waals surface area contributed by atoms with Gasteiger partial charge in [0, 0.05) is 12.3 Å². The third-order valence-corrected chi connectivity index (χ3v) is 3.26. The van der Waals surface area contributed by atoms with Crippen LogP contribution < -0.4 is 5.43 Å². The Bertz CT molecular complexity index is 818. The molecule has 3 aromatic rings. The van der Waals surface area contributed by atoms with Crippen molar-refractivity contribution in [3.8, 4) is 11.3 Å². The molecule has 0 amide bonds. The Morgan fingerprint density at radius 1 is 1.11 bits per heavy atom. The number of pyridine rings is 2. The van der Waals surface area contributed by atoms with Gasteiger partial charge in [-0.3, -0.25) is 4.79 Å². The standard InChI is InChI=1S/C16H14N2O/c1-10-4-3-5-12(8-10)13-9-14(19)15-11(2)6-7-17-16(15)18-13/h3-9H,1-2H3,(H,17,18,19). The molecule has 2 aromatic heterocycles. The van der Waals surface area contributed by atoms with E-state index in [0.29, 0.717) is 11.0 Å². The van der Waals surface area contributed by atoms with E-state index in [9.17, 15) is 4.79 Å². The van der Waals surface area contributed by atoms with Gasteiger partial charge in [-0.15, -0.1) is 0 Å². The number of aryl methyl sites for hydroxylation is 2. The number of fused-ring (bicyclic) bond motifs is 1. The molecule has 2 heterocycles. The molecule has 0 atom stereocenters. The van der Waals surface area contributed by atoms with Crippen molar-refractivity contribution in [2.75, 3.05) is 0 Å². The minimum Gasteiger partial charge on any atom is -0.339 e. The van der Waals surface area contributed by atoms with Crippen molar-refractivity contribution >= 4 is 11.0 Å². The zero-order chi connectivity index (χ0) is 13.4. The summed E-state index contributed by atoms with van der Waals surface area (Å²) in [5.74, 6) is 0. The predicted molar refractivity (Wildman–Crippen MR) is 77.3 cm³/mol. The maximum absolute atomic E-state index is 12.2. The highest BCUT2D eigenvalue weighted by Gasteiger charge is 2.07. The van der Waals surface area contributed by atoms with Crippen LogP contribution in [0.2, 0.25) is 0 Å². The monoisotopic (exact) mass is 250 g/mol. The lowest BCUT2D eigenvalue weighted by atomic mass is 10.1. The van der Waals surface area contributed by atoms with Crippen molar-refractivity contribution in [3.63, 3.8) is 0 Å². The molecule has 3 rings (SSSR count). The highest BCUT2D eigenvalue weighted by Crippen LogP contribution is 2.19. The summed E-state index contributed by atoms with van der Waals surface area (Å²) in [5, 5.41) is 0.666. The minimum atomic E-state index is 0.0101. The summed E-state index contributed by atoms with van der Waals surface area (Å²) in [7, 11) is 0. The third kappa shape index (κ3) is 2.03. The fourth-order valence-corrected chi connectivity index (χ4v) is 2.30. The van der Waals surface area contributed by atoms with E-state index >= 15 is 0 Å². The lowest BCUT2D eigenvalue weighted by Gasteiger charge is -2.06. The molecule has 0 aliphatic rings.